The van der Waals surface area contributed by atoms with E-state index in [0.29, 0.717) is 41.5 Å². The molecule has 7 nitrogen and oxygen atoms in total. The fraction of sp³-hybridized carbons (Fsp3) is 0.350. The van der Waals surface area contributed by atoms with Crippen LogP contribution in [0.5, 0.6) is 0 Å². The van der Waals surface area contributed by atoms with E-state index in [0.717, 1.165) is 4.31 Å². The van der Waals surface area contributed by atoms with Crippen molar-refractivity contribution in [2.24, 2.45) is 5.92 Å². The summed E-state index contributed by atoms with van der Waals surface area (Å²) in [6.07, 6.45) is 3.73. The van der Waals surface area contributed by atoms with Gasteiger partial charge in [-0.3, -0.25) is 14.6 Å². The number of hydrogen-bond acceptors (Lipinski definition) is 5. The zero-order valence-corrected chi connectivity index (χ0v) is 18.6. The fourth-order valence-electron chi connectivity index (χ4n) is 3.33. The Morgan fingerprint density at radius 3 is 2.47 bits per heavy atom. The van der Waals surface area contributed by atoms with Gasteiger partial charge >= 0.3 is 0 Å². The zero-order valence-electron chi connectivity index (χ0n) is 16.3. The molecule has 1 aromatic heterocycles. The number of carbonyl (C=O) groups is 2. The summed E-state index contributed by atoms with van der Waals surface area (Å²) < 4.78 is 26.1. The van der Waals surface area contributed by atoms with E-state index in [1.165, 1.54) is 31.6 Å². The van der Waals surface area contributed by atoms with E-state index < -0.39 is 10.0 Å². The smallest absolute Gasteiger partial charge is 0.244 e. The van der Waals surface area contributed by atoms with Crippen molar-refractivity contribution in [3.8, 4) is 0 Å². The lowest BCUT2D eigenvalue weighted by Crippen LogP contribution is -2.45. The molecule has 2 aromatic rings. The lowest BCUT2D eigenvalue weighted by Gasteiger charge is -2.32. The van der Waals surface area contributed by atoms with Crippen molar-refractivity contribution in [3.05, 3.63) is 58.3 Å². The van der Waals surface area contributed by atoms with Crippen molar-refractivity contribution in [2.75, 3.05) is 26.7 Å². The van der Waals surface area contributed by atoms with E-state index in [1.807, 2.05) is 0 Å². The van der Waals surface area contributed by atoms with E-state index in [1.54, 1.807) is 23.1 Å². The third kappa shape index (κ3) is 5.00. The van der Waals surface area contributed by atoms with E-state index >= 15 is 0 Å². The number of likely N-dealkylation sites (tertiary alicyclic amines) is 1. The first kappa shape index (κ1) is 22.7. The second kappa shape index (κ2) is 9.43. The number of Topliss-reactive ketones (excluding diaryl/α,β-unsaturated/α-hetero) is 1. The van der Waals surface area contributed by atoms with Crippen molar-refractivity contribution in [1.82, 2.24) is 14.2 Å². The monoisotopic (exact) mass is 469 g/mol. The van der Waals surface area contributed by atoms with Gasteiger partial charge in [-0.15, -0.1) is 0 Å². The van der Waals surface area contributed by atoms with Crippen molar-refractivity contribution in [1.29, 1.82) is 0 Å². The Bertz CT molecular complexity index is 1040. The molecule has 1 amide bonds. The minimum Gasteiger partial charge on any atom is -0.342 e. The molecule has 0 atom stereocenters. The maximum Gasteiger partial charge on any atom is 0.244 e. The van der Waals surface area contributed by atoms with Crippen molar-refractivity contribution >= 4 is 44.9 Å². The minimum absolute atomic E-state index is 0.0306. The molecule has 160 valence electrons. The molecule has 0 N–H and O–H groups in total. The Labute approximate surface area is 185 Å². The van der Waals surface area contributed by atoms with Crippen LogP contribution in [-0.4, -0.2) is 61.0 Å². The molecule has 2 heterocycles. The average molecular weight is 470 g/mol. The third-order valence-electron chi connectivity index (χ3n) is 5.12. The van der Waals surface area contributed by atoms with Crippen LogP contribution in [-0.2, 0) is 14.8 Å². The van der Waals surface area contributed by atoms with Gasteiger partial charge in [0.2, 0.25) is 15.9 Å². The van der Waals surface area contributed by atoms with Crippen molar-refractivity contribution < 1.29 is 18.0 Å². The first-order valence-electron chi connectivity index (χ1n) is 9.33. The SMILES string of the molecule is CN(CC(=O)N1CCC(C(=O)c2ccc(Cl)c(Cl)c2)CC1)S(=O)(=O)c1cccnc1. The molecule has 0 unspecified atom stereocenters. The van der Waals surface area contributed by atoms with Crippen molar-refractivity contribution in [2.45, 2.75) is 17.7 Å². The largest absolute Gasteiger partial charge is 0.342 e. The molecule has 1 aliphatic heterocycles. The summed E-state index contributed by atoms with van der Waals surface area (Å²) in [6, 6.07) is 7.75. The predicted octanol–water partition coefficient (Wildman–Crippen LogP) is 3.13. The Morgan fingerprint density at radius 1 is 1.17 bits per heavy atom. The summed E-state index contributed by atoms with van der Waals surface area (Å²) in [5.74, 6) is -0.550. The molecular weight excluding hydrogens is 449 g/mol. The van der Waals surface area contributed by atoms with Gasteiger partial charge in [-0.2, -0.15) is 4.31 Å². The zero-order chi connectivity index (χ0) is 21.9. The van der Waals surface area contributed by atoms with E-state index in [2.05, 4.69) is 4.98 Å². The summed E-state index contributed by atoms with van der Waals surface area (Å²) in [7, 11) is -2.43. The predicted molar refractivity (Wildman–Crippen MR) is 114 cm³/mol. The maximum absolute atomic E-state index is 12.7. The van der Waals surface area contributed by atoms with E-state index in [9.17, 15) is 18.0 Å². The van der Waals surface area contributed by atoms with Gasteiger partial charge in [-0.05, 0) is 43.2 Å². The van der Waals surface area contributed by atoms with Gasteiger partial charge in [0.05, 0.1) is 16.6 Å². The summed E-state index contributed by atoms with van der Waals surface area (Å²) in [6.45, 7) is 0.497. The molecular formula is C20H21Cl2N3O4S. The number of amides is 1. The van der Waals surface area contributed by atoms with E-state index in [-0.39, 0.29) is 29.0 Å². The molecule has 3 rings (SSSR count). The van der Waals surface area contributed by atoms with Crippen LogP contribution < -0.4 is 0 Å². The first-order valence-corrected chi connectivity index (χ1v) is 11.5. The van der Waals surface area contributed by atoms with Crippen LogP contribution in [0.25, 0.3) is 0 Å². The number of likely N-dealkylation sites (N-methyl/N-ethyl adjacent to an activating group) is 1. The van der Waals surface area contributed by atoms with Crippen LogP contribution >= 0.6 is 23.2 Å². The number of sulfonamides is 1. The highest BCUT2D eigenvalue weighted by molar-refractivity contribution is 7.89. The minimum atomic E-state index is -3.79. The van der Waals surface area contributed by atoms with Gasteiger partial charge in [0, 0.05) is 44.0 Å². The number of carbonyl (C=O) groups excluding carboxylic acids is 2. The number of hydrogen-bond donors (Lipinski definition) is 0. The van der Waals surface area contributed by atoms with Gasteiger partial charge < -0.3 is 4.90 Å². The number of ketones is 1. The molecule has 1 aliphatic rings. The summed E-state index contributed by atoms with van der Waals surface area (Å²) in [5, 5.41) is 0.715. The van der Waals surface area contributed by atoms with Crippen LogP contribution in [0.1, 0.15) is 23.2 Å². The molecule has 30 heavy (non-hydrogen) atoms. The number of pyridine rings is 1. The van der Waals surface area contributed by atoms with Crippen LogP contribution in [0.15, 0.2) is 47.6 Å². The highest BCUT2D eigenvalue weighted by atomic mass is 35.5. The van der Waals surface area contributed by atoms with Gasteiger partial charge in [-0.25, -0.2) is 8.42 Å². The number of nitrogens with zero attached hydrogens (tertiary/aromatic N) is 3. The molecule has 1 aromatic carbocycles. The number of aromatic nitrogens is 1. The summed E-state index contributed by atoms with van der Waals surface area (Å²) in [4.78, 5) is 30.7. The molecule has 0 aliphatic carbocycles. The average Bonchev–Trinajstić information content (AvgIpc) is 2.75. The summed E-state index contributed by atoms with van der Waals surface area (Å²) >= 11 is 11.9. The van der Waals surface area contributed by atoms with Crippen LogP contribution in [0, 0.1) is 5.92 Å². The standard InChI is InChI=1S/C20H21Cl2N3O4S/c1-24(30(28,29)16-3-2-8-23-12-16)13-19(26)25-9-6-14(7-10-25)20(27)15-4-5-17(21)18(22)11-15/h2-5,8,11-12,14H,6-7,9-10,13H2,1H3. The molecule has 0 spiro atoms. The van der Waals surface area contributed by atoms with Gasteiger partial charge in [0.1, 0.15) is 4.90 Å². The molecule has 1 saturated heterocycles. The maximum atomic E-state index is 12.7. The number of piperidine rings is 1. The Hall–Kier alpha value is -2.00. The second-order valence-corrected chi connectivity index (χ2v) is 9.96. The Balaban J connectivity index is 1.57. The van der Waals surface area contributed by atoms with Crippen LogP contribution in [0.3, 0.4) is 0 Å². The Kier molecular flexibility index (Phi) is 7.13. The van der Waals surface area contributed by atoms with Crippen molar-refractivity contribution in [3.63, 3.8) is 0 Å². The normalized spacial score (nSPS) is 15.4. The lowest BCUT2D eigenvalue weighted by atomic mass is 9.89. The molecule has 0 bridgehead atoms. The highest BCUT2D eigenvalue weighted by Crippen LogP contribution is 2.27. The van der Waals surface area contributed by atoms with Gasteiger partial charge in [-0.1, -0.05) is 23.2 Å². The summed E-state index contributed by atoms with van der Waals surface area (Å²) in [5.41, 5.74) is 0.497. The van der Waals surface area contributed by atoms with Crippen LogP contribution in [0.4, 0.5) is 0 Å². The first-order chi connectivity index (χ1) is 14.2. The molecule has 10 heteroatoms. The molecule has 0 radical (unpaired) electrons. The second-order valence-electron chi connectivity index (χ2n) is 7.10. The Morgan fingerprint density at radius 2 is 1.87 bits per heavy atom. The van der Waals surface area contributed by atoms with Crippen LogP contribution in [0.2, 0.25) is 10.0 Å². The fourth-order valence-corrected chi connectivity index (χ4v) is 4.71. The number of halogens is 2. The number of benzene rings is 1. The van der Waals surface area contributed by atoms with Gasteiger partial charge in [0.25, 0.3) is 0 Å². The number of rotatable bonds is 6. The molecule has 1 fully saturated rings. The van der Waals surface area contributed by atoms with Gasteiger partial charge in [0.15, 0.2) is 5.78 Å². The topological polar surface area (TPSA) is 87.7 Å². The third-order valence-corrected chi connectivity index (χ3v) is 7.65. The quantitative estimate of drug-likeness (QED) is 0.606. The molecule has 0 saturated carbocycles. The highest BCUT2D eigenvalue weighted by Gasteiger charge is 2.30. The lowest BCUT2D eigenvalue weighted by molar-refractivity contribution is -0.132. The van der Waals surface area contributed by atoms with E-state index in [4.69, 9.17) is 23.2 Å².